The first kappa shape index (κ1) is 24.4. The van der Waals surface area contributed by atoms with E-state index in [2.05, 4.69) is 48.3 Å². The van der Waals surface area contributed by atoms with E-state index in [4.69, 9.17) is 23.2 Å². The fourth-order valence-electron chi connectivity index (χ4n) is 5.65. The number of nitrogens with zero attached hydrogens (tertiary/aromatic N) is 2. The van der Waals surface area contributed by atoms with Crippen molar-refractivity contribution in [2.75, 3.05) is 25.0 Å². The van der Waals surface area contributed by atoms with Gasteiger partial charge < -0.3 is 4.90 Å². The Morgan fingerprint density at radius 1 is 0.857 bits per heavy atom. The third-order valence-electron chi connectivity index (χ3n) is 7.58. The van der Waals surface area contributed by atoms with Gasteiger partial charge in [-0.15, -0.1) is 0 Å². The summed E-state index contributed by atoms with van der Waals surface area (Å²) in [6, 6.07) is 20.9. The SMILES string of the molecule is CN(CCCN(C(=O)c1ccc2c(c1)CCCC2)c1ccc(Cl)c(Cl)c1)C1CCc2ccccc21. The Morgan fingerprint density at radius 3 is 2.49 bits per heavy atom. The predicted octanol–water partition coefficient (Wildman–Crippen LogP) is 7.53. The second kappa shape index (κ2) is 10.7. The number of aryl methyl sites for hydroxylation is 3. The molecule has 0 fully saturated rings. The summed E-state index contributed by atoms with van der Waals surface area (Å²) in [6.45, 7) is 1.53. The summed E-state index contributed by atoms with van der Waals surface area (Å²) in [5.41, 5.74) is 7.14. The second-order valence-corrected chi connectivity index (χ2v) is 10.6. The summed E-state index contributed by atoms with van der Waals surface area (Å²) in [7, 11) is 2.20. The molecule has 0 spiro atoms. The third-order valence-corrected chi connectivity index (χ3v) is 8.32. The monoisotopic (exact) mass is 506 g/mol. The highest BCUT2D eigenvalue weighted by atomic mass is 35.5. The van der Waals surface area contributed by atoms with E-state index < -0.39 is 0 Å². The van der Waals surface area contributed by atoms with Crippen LogP contribution in [0.5, 0.6) is 0 Å². The lowest BCUT2D eigenvalue weighted by atomic mass is 9.90. The number of rotatable bonds is 7. The van der Waals surface area contributed by atoms with Gasteiger partial charge in [0.2, 0.25) is 0 Å². The normalized spacial score (nSPS) is 16.7. The van der Waals surface area contributed by atoms with Gasteiger partial charge in [-0.3, -0.25) is 9.69 Å². The molecule has 182 valence electrons. The minimum absolute atomic E-state index is 0.0191. The molecule has 2 aliphatic carbocycles. The van der Waals surface area contributed by atoms with E-state index in [9.17, 15) is 4.79 Å². The molecule has 0 saturated carbocycles. The minimum Gasteiger partial charge on any atom is -0.308 e. The van der Waals surface area contributed by atoms with Crippen molar-refractivity contribution in [2.24, 2.45) is 0 Å². The Morgan fingerprint density at radius 2 is 1.66 bits per heavy atom. The van der Waals surface area contributed by atoms with Crippen LogP contribution in [-0.4, -0.2) is 30.9 Å². The molecule has 2 aliphatic rings. The molecule has 3 aromatic carbocycles. The molecule has 0 aliphatic heterocycles. The zero-order valence-corrected chi connectivity index (χ0v) is 21.8. The number of hydrogen-bond donors (Lipinski definition) is 0. The smallest absolute Gasteiger partial charge is 0.258 e. The van der Waals surface area contributed by atoms with E-state index in [1.807, 2.05) is 17.0 Å². The molecule has 0 heterocycles. The van der Waals surface area contributed by atoms with Crippen molar-refractivity contribution in [3.63, 3.8) is 0 Å². The number of anilines is 1. The molecule has 3 nitrogen and oxygen atoms in total. The van der Waals surface area contributed by atoms with Crippen molar-refractivity contribution in [1.82, 2.24) is 4.90 Å². The average molecular weight is 508 g/mol. The van der Waals surface area contributed by atoms with Crippen LogP contribution in [0.4, 0.5) is 5.69 Å². The molecule has 0 N–H and O–H groups in total. The maximum Gasteiger partial charge on any atom is 0.258 e. The lowest BCUT2D eigenvalue weighted by molar-refractivity contribution is 0.0985. The van der Waals surface area contributed by atoms with E-state index in [-0.39, 0.29) is 5.91 Å². The lowest BCUT2D eigenvalue weighted by Crippen LogP contribution is -2.34. The average Bonchev–Trinajstić information content (AvgIpc) is 3.32. The Bertz CT molecular complexity index is 1220. The molecule has 0 bridgehead atoms. The molecule has 1 atom stereocenters. The van der Waals surface area contributed by atoms with Crippen LogP contribution < -0.4 is 4.90 Å². The molecule has 1 unspecified atom stereocenters. The van der Waals surface area contributed by atoms with Crippen molar-refractivity contribution in [1.29, 1.82) is 0 Å². The Labute approximate surface area is 218 Å². The molecule has 1 amide bonds. The highest BCUT2D eigenvalue weighted by Gasteiger charge is 2.26. The number of amides is 1. The molecule has 3 aromatic rings. The van der Waals surface area contributed by atoms with Crippen LogP contribution in [0.15, 0.2) is 60.7 Å². The van der Waals surface area contributed by atoms with Gasteiger partial charge in [0.1, 0.15) is 0 Å². The maximum atomic E-state index is 13.8. The van der Waals surface area contributed by atoms with Crippen molar-refractivity contribution < 1.29 is 4.79 Å². The van der Waals surface area contributed by atoms with Gasteiger partial charge in [0.25, 0.3) is 5.91 Å². The van der Waals surface area contributed by atoms with Gasteiger partial charge in [0.15, 0.2) is 0 Å². The van der Waals surface area contributed by atoms with E-state index in [0.717, 1.165) is 49.9 Å². The summed E-state index contributed by atoms with van der Waals surface area (Å²) in [5, 5.41) is 0.961. The van der Waals surface area contributed by atoms with Crippen LogP contribution in [0.3, 0.4) is 0 Å². The molecule has 5 heteroatoms. The van der Waals surface area contributed by atoms with E-state index in [1.165, 1.54) is 35.1 Å². The topological polar surface area (TPSA) is 23.6 Å². The molecular formula is C30H32Cl2N2O. The Balaban J connectivity index is 1.33. The van der Waals surface area contributed by atoms with Crippen molar-refractivity contribution >= 4 is 34.8 Å². The molecule has 0 radical (unpaired) electrons. The molecule has 5 rings (SSSR count). The van der Waals surface area contributed by atoms with E-state index >= 15 is 0 Å². The van der Waals surface area contributed by atoms with Gasteiger partial charge in [0.05, 0.1) is 10.0 Å². The van der Waals surface area contributed by atoms with Gasteiger partial charge >= 0.3 is 0 Å². The summed E-state index contributed by atoms with van der Waals surface area (Å²) in [5.74, 6) is 0.0191. The van der Waals surface area contributed by atoms with Crippen molar-refractivity contribution in [2.45, 2.75) is 51.0 Å². The van der Waals surface area contributed by atoms with Crippen molar-refractivity contribution in [3.8, 4) is 0 Å². The summed E-state index contributed by atoms with van der Waals surface area (Å²) in [6.07, 6.45) is 7.74. The van der Waals surface area contributed by atoms with Crippen molar-refractivity contribution in [3.05, 3.63) is 98.5 Å². The first-order chi connectivity index (χ1) is 17.0. The number of fused-ring (bicyclic) bond motifs is 2. The Kier molecular flexibility index (Phi) is 7.48. The van der Waals surface area contributed by atoms with Crippen LogP contribution in [-0.2, 0) is 19.3 Å². The van der Waals surface area contributed by atoms with Gasteiger partial charge in [-0.05, 0) is 105 Å². The van der Waals surface area contributed by atoms with Crippen LogP contribution in [0, 0.1) is 0 Å². The standard InChI is InChI=1S/C30H32Cl2N2O/c1-33(29-16-13-22-8-4-5-10-26(22)29)17-6-18-34(25-14-15-27(31)28(32)20-25)30(35)24-12-11-21-7-2-3-9-23(21)19-24/h4-5,8,10-12,14-15,19-20,29H,2-3,6-7,9,13,16-18H2,1H3. The quantitative estimate of drug-likeness (QED) is 0.330. The fourth-order valence-corrected chi connectivity index (χ4v) is 5.94. The van der Waals surface area contributed by atoms with Crippen LogP contribution >= 0.6 is 23.2 Å². The molecule has 0 saturated heterocycles. The van der Waals surface area contributed by atoms with Gasteiger partial charge in [-0.2, -0.15) is 0 Å². The number of carbonyl (C=O) groups is 1. The van der Waals surface area contributed by atoms with Crippen LogP contribution in [0.1, 0.15) is 64.3 Å². The molecule has 35 heavy (non-hydrogen) atoms. The number of carbonyl (C=O) groups excluding carboxylic acids is 1. The zero-order chi connectivity index (χ0) is 24.4. The summed E-state index contributed by atoms with van der Waals surface area (Å²) >= 11 is 12.5. The predicted molar refractivity (Wildman–Crippen MR) is 146 cm³/mol. The number of benzene rings is 3. The highest BCUT2D eigenvalue weighted by molar-refractivity contribution is 6.42. The third kappa shape index (κ3) is 5.28. The van der Waals surface area contributed by atoms with Gasteiger partial charge in [0, 0.05) is 30.4 Å². The number of hydrogen-bond acceptors (Lipinski definition) is 2. The first-order valence-electron chi connectivity index (χ1n) is 12.7. The van der Waals surface area contributed by atoms with Crippen LogP contribution in [0.2, 0.25) is 10.0 Å². The fraction of sp³-hybridized carbons (Fsp3) is 0.367. The first-order valence-corrected chi connectivity index (χ1v) is 13.4. The van der Waals surface area contributed by atoms with Gasteiger partial charge in [-0.1, -0.05) is 53.5 Å². The maximum absolute atomic E-state index is 13.8. The Hall–Kier alpha value is -2.33. The minimum atomic E-state index is 0.0191. The van der Waals surface area contributed by atoms with E-state index in [0.29, 0.717) is 22.6 Å². The number of halogens is 2. The second-order valence-electron chi connectivity index (χ2n) is 9.83. The summed E-state index contributed by atoms with van der Waals surface area (Å²) in [4.78, 5) is 18.1. The molecule has 0 aromatic heterocycles. The van der Waals surface area contributed by atoms with Gasteiger partial charge in [-0.25, -0.2) is 0 Å². The summed E-state index contributed by atoms with van der Waals surface area (Å²) < 4.78 is 0. The van der Waals surface area contributed by atoms with Crippen LogP contribution in [0.25, 0.3) is 0 Å². The molecular weight excluding hydrogens is 475 g/mol. The zero-order valence-electron chi connectivity index (χ0n) is 20.3. The highest BCUT2D eigenvalue weighted by Crippen LogP contribution is 2.35. The van der Waals surface area contributed by atoms with E-state index in [1.54, 1.807) is 12.1 Å². The lowest BCUT2D eigenvalue weighted by Gasteiger charge is -2.28. The largest absolute Gasteiger partial charge is 0.308 e.